The first kappa shape index (κ1) is 16.5. The van der Waals surface area contributed by atoms with Crippen LogP contribution < -0.4 is 10.6 Å². The molecule has 0 aromatic heterocycles. The molecule has 0 heterocycles. The van der Waals surface area contributed by atoms with E-state index in [1.54, 1.807) is 0 Å². The van der Waals surface area contributed by atoms with Crippen LogP contribution in [0, 0.1) is 0 Å². The van der Waals surface area contributed by atoms with Crippen LogP contribution in [0.15, 0.2) is 48.5 Å². The maximum absolute atomic E-state index is 12.0. The van der Waals surface area contributed by atoms with E-state index in [0.717, 1.165) is 17.7 Å². The average molecular weight is 317 g/mol. The molecule has 0 bridgehead atoms. The molecule has 2 aromatic rings. The van der Waals surface area contributed by atoms with Gasteiger partial charge >= 0.3 is 0 Å². The minimum absolute atomic E-state index is 0.0152. The molecule has 0 saturated carbocycles. The van der Waals surface area contributed by atoms with E-state index in [1.165, 1.54) is 5.56 Å². The van der Waals surface area contributed by atoms with Gasteiger partial charge in [-0.1, -0.05) is 48.9 Å². The van der Waals surface area contributed by atoms with Crippen molar-refractivity contribution >= 4 is 23.2 Å². The molecule has 2 aromatic carbocycles. The van der Waals surface area contributed by atoms with Gasteiger partial charge < -0.3 is 10.6 Å². The van der Waals surface area contributed by atoms with Gasteiger partial charge in [-0.05, 0) is 42.7 Å². The number of aryl methyl sites for hydroxylation is 1. The monoisotopic (exact) mass is 316 g/mol. The summed E-state index contributed by atoms with van der Waals surface area (Å²) in [6.07, 6.45) is 0.950. The number of hydrogen-bond acceptors (Lipinski definition) is 2. The summed E-state index contributed by atoms with van der Waals surface area (Å²) in [5.74, 6) is -0.0628. The molecule has 1 atom stereocenters. The van der Waals surface area contributed by atoms with Gasteiger partial charge in [-0.25, -0.2) is 0 Å². The van der Waals surface area contributed by atoms with Gasteiger partial charge in [0.15, 0.2) is 0 Å². The minimum Gasteiger partial charge on any atom is -0.325 e. The van der Waals surface area contributed by atoms with Crippen LogP contribution >= 0.6 is 11.6 Å². The topological polar surface area (TPSA) is 41.1 Å². The molecule has 2 N–H and O–H groups in total. The van der Waals surface area contributed by atoms with Crippen LogP contribution in [0.2, 0.25) is 5.02 Å². The minimum atomic E-state index is -0.0628. The summed E-state index contributed by atoms with van der Waals surface area (Å²) < 4.78 is 0. The molecule has 4 heteroatoms. The summed E-state index contributed by atoms with van der Waals surface area (Å²) in [5.41, 5.74) is 3.02. The van der Waals surface area contributed by atoms with E-state index in [-0.39, 0.29) is 18.5 Å². The Kier molecular flexibility index (Phi) is 5.99. The Balaban J connectivity index is 1.88. The summed E-state index contributed by atoms with van der Waals surface area (Å²) in [7, 11) is 0. The Morgan fingerprint density at radius 3 is 2.68 bits per heavy atom. The summed E-state index contributed by atoms with van der Waals surface area (Å²) in [5, 5.41) is 6.80. The van der Waals surface area contributed by atoms with E-state index in [1.807, 2.05) is 55.5 Å². The molecule has 3 nitrogen and oxygen atoms in total. The molecule has 0 unspecified atom stereocenters. The number of benzene rings is 2. The maximum atomic E-state index is 12.0. The lowest BCUT2D eigenvalue weighted by Crippen LogP contribution is -2.30. The van der Waals surface area contributed by atoms with Crippen LogP contribution in [0.1, 0.15) is 31.0 Å². The van der Waals surface area contributed by atoms with Crippen LogP contribution in [0.25, 0.3) is 0 Å². The van der Waals surface area contributed by atoms with Gasteiger partial charge in [0.1, 0.15) is 0 Å². The summed E-state index contributed by atoms with van der Waals surface area (Å²) in [6, 6.07) is 15.6. The second-order valence-corrected chi connectivity index (χ2v) is 5.63. The second-order valence-electron chi connectivity index (χ2n) is 5.23. The predicted octanol–water partition coefficient (Wildman–Crippen LogP) is 4.19. The number of carbonyl (C=O) groups is 1. The van der Waals surface area contributed by atoms with Crippen molar-refractivity contribution in [2.24, 2.45) is 0 Å². The second kappa shape index (κ2) is 7.97. The van der Waals surface area contributed by atoms with Crippen molar-refractivity contribution in [1.82, 2.24) is 5.32 Å². The molecule has 0 radical (unpaired) electrons. The molecule has 0 saturated heterocycles. The SMILES string of the molecule is CCc1cccc(NC(=O)CN[C@@H](C)c2ccccc2Cl)c1. The number of amides is 1. The highest BCUT2D eigenvalue weighted by Crippen LogP contribution is 2.21. The predicted molar refractivity (Wildman–Crippen MR) is 92.3 cm³/mol. The van der Waals surface area contributed by atoms with Crippen molar-refractivity contribution in [2.75, 3.05) is 11.9 Å². The van der Waals surface area contributed by atoms with Crippen molar-refractivity contribution in [2.45, 2.75) is 26.3 Å². The first-order valence-electron chi connectivity index (χ1n) is 7.46. The maximum Gasteiger partial charge on any atom is 0.238 e. The number of carbonyl (C=O) groups excluding carboxylic acids is 1. The Bertz CT molecular complexity index is 642. The zero-order chi connectivity index (χ0) is 15.9. The molecule has 22 heavy (non-hydrogen) atoms. The van der Waals surface area contributed by atoms with Crippen molar-refractivity contribution in [1.29, 1.82) is 0 Å². The molecule has 0 spiro atoms. The van der Waals surface area contributed by atoms with E-state index >= 15 is 0 Å². The van der Waals surface area contributed by atoms with Crippen LogP contribution in [-0.4, -0.2) is 12.5 Å². The van der Waals surface area contributed by atoms with Crippen LogP contribution in [-0.2, 0) is 11.2 Å². The van der Waals surface area contributed by atoms with Gasteiger partial charge in [0, 0.05) is 16.8 Å². The largest absolute Gasteiger partial charge is 0.325 e. The Hall–Kier alpha value is -1.84. The standard InChI is InChI=1S/C18H21ClN2O/c1-3-14-7-6-8-15(11-14)21-18(22)12-20-13(2)16-9-4-5-10-17(16)19/h4-11,13,20H,3,12H2,1-2H3,(H,21,22)/t13-/m0/s1. The summed E-state index contributed by atoms with van der Waals surface area (Å²) in [4.78, 5) is 12.0. The highest BCUT2D eigenvalue weighted by molar-refractivity contribution is 6.31. The van der Waals surface area contributed by atoms with E-state index in [9.17, 15) is 4.79 Å². The first-order chi connectivity index (χ1) is 10.6. The molecule has 0 aliphatic rings. The molecule has 1 amide bonds. The molecule has 2 rings (SSSR count). The van der Waals surface area contributed by atoms with Gasteiger partial charge in [-0.15, -0.1) is 0 Å². The molecule has 0 fully saturated rings. The normalized spacial score (nSPS) is 12.0. The van der Waals surface area contributed by atoms with Crippen molar-refractivity contribution in [3.05, 3.63) is 64.7 Å². The quantitative estimate of drug-likeness (QED) is 0.839. The fraction of sp³-hybridized carbons (Fsp3) is 0.278. The van der Waals surface area contributed by atoms with E-state index in [0.29, 0.717) is 5.02 Å². The highest BCUT2D eigenvalue weighted by Gasteiger charge is 2.10. The molecular weight excluding hydrogens is 296 g/mol. The third-order valence-corrected chi connectivity index (χ3v) is 3.90. The molecule has 0 aliphatic carbocycles. The van der Waals surface area contributed by atoms with E-state index in [4.69, 9.17) is 11.6 Å². The molecule has 116 valence electrons. The molecule has 0 aliphatic heterocycles. The zero-order valence-corrected chi connectivity index (χ0v) is 13.7. The number of halogens is 1. The Labute approximate surface area is 136 Å². The lowest BCUT2D eigenvalue weighted by atomic mass is 10.1. The van der Waals surface area contributed by atoms with Crippen molar-refractivity contribution in [3.8, 4) is 0 Å². The smallest absolute Gasteiger partial charge is 0.238 e. The van der Waals surface area contributed by atoms with Gasteiger partial charge in [0.05, 0.1) is 6.54 Å². The van der Waals surface area contributed by atoms with E-state index < -0.39 is 0 Å². The van der Waals surface area contributed by atoms with Crippen molar-refractivity contribution < 1.29 is 4.79 Å². The summed E-state index contributed by atoms with van der Waals surface area (Å²) >= 11 is 6.16. The van der Waals surface area contributed by atoms with Gasteiger partial charge in [-0.3, -0.25) is 4.79 Å². The number of hydrogen-bond donors (Lipinski definition) is 2. The lowest BCUT2D eigenvalue weighted by Gasteiger charge is -2.15. The summed E-state index contributed by atoms with van der Waals surface area (Å²) in [6.45, 7) is 4.32. The molecular formula is C18H21ClN2O. The average Bonchev–Trinajstić information content (AvgIpc) is 2.53. The first-order valence-corrected chi connectivity index (χ1v) is 7.84. The number of rotatable bonds is 6. The van der Waals surface area contributed by atoms with Crippen LogP contribution in [0.3, 0.4) is 0 Å². The van der Waals surface area contributed by atoms with Crippen LogP contribution in [0.4, 0.5) is 5.69 Å². The van der Waals surface area contributed by atoms with E-state index in [2.05, 4.69) is 17.6 Å². The Morgan fingerprint density at radius 1 is 1.18 bits per heavy atom. The Morgan fingerprint density at radius 2 is 1.95 bits per heavy atom. The van der Waals surface area contributed by atoms with Crippen molar-refractivity contribution in [3.63, 3.8) is 0 Å². The van der Waals surface area contributed by atoms with Gasteiger partial charge in [0.25, 0.3) is 0 Å². The fourth-order valence-corrected chi connectivity index (χ4v) is 2.56. The lowest BCUT2D eigenvalue weighted by molar-refractivity contribution is -0.115. The fourth-order valence-electron chi connectivity index (χ4n) is 2.26. The number of anilines is 1. The third-order valence-electron chi connectivity index (χ3n) is 3.56. The van der Waals surface area contributed by atoms with Gasteiger partial charge in [0.2, 0.25) is 5.91 Å². The number of nitrogens with one attached hydrogen (secondary N) is 2. The van der Waals surface area contributed by atoms with Crippen LogP contribution in [0.5, 0.6) is 0 Å². The third kappa shape index (κ3) is 4.58. The highest BCUT2D eigenvalue weighted by atomic mass is 35.5. The van der Waals surface area contributed by atoms with Gasteiger partial charge in [-0.2, -0.15) is 0 Å². The zero-order valence-electron chi connectivity index (χ0n) is 12.9.